The topological polar surface area (TPSA) is 60.7 Å². The highest BCUT2D eigenvalue weighted by Crippen LogP contribution is 2.33. The Morgan fingerprint density at radius 1 is 1.09 bits per heavy atom. The minimum absolute atomic E-state index is 0.147. The molecule has 0 radical (unpaired) electrons. The molecule has 1 aromatic carbocycles. The normalized spacial score (nSPS) is 15.9. The minimum Gasteiger partial charge on any atom is -0.457 e. The van der Waals surface area contributed by atoms with Crippen LogP contribution in [0.15, 0.2) is 80.3 Å². The SMILES string of the molecule is CC1=C(C(=O)OCc2ccccc2)C(c2cccs2)n2c(sc(=Cc3sccc3C)c2=O)=N1. The molecule has 5 nitrogen and oxygen atoms in total. The maximum Gasteiger partial charge on any atom is 0.338 e. The van der Waals surface area contributed by atoms with E-state index in [1.54, 1.807) is 22.8 Å². The molecule has 4 heterocycles. The molecular formula is C25H20N2O3S3. The Balaban J connectivity index is 1.59. The van der Waals surface area contributed by atoms with Gasteiger partial charge in [-0.1, -0.05) is 47.7 Å². The molecular weight excluding hydrogens is 472 g/mol. The Hall–Kier alpha value is -3.07. The van der Waals surface area contributed by atoms with E-state index in [2.05, 4.69) is 4.99 Å². The maximum atomic E-state index is 13.5. The smallest absolute Gasteiger partial charge is 0.338 e. The van der Waals surface area contributed by atoms with Gasteiger partial charge in [0.1, 0.15) is 12.6 Å². The number of carbonyl (C=O) groups is 1. The van der Waals surface area contributed by atoms with Crippen LogP contribution >= 0.6 is 34.0 Å². The van der Waals surface area contributed by atoms with Crippen LogP contribution in [0, 0.1) is 6.92 Å². The van der Waals surface area contributed by atoms with E-state index in [9.17, 15) is 9.59 Å². The molecule has 3 aromatic heterocycles. The van der Waals surface area contributed by atoms with Crippen LogP contribution in [0.1, 0.15) is 33.8 Å². The van der Waals surface area contributed by atoms with Crippen molar-refractivity contribution in [2.24, 2.45) is 4.99 Å². The first kappa shape index (κ1) is 21.8. The second kappa shape index (κ2) is 9.05. The number of thiophene rings is 2. The van der Waals surface area contributed by atoms with Crippen LogP contribution in [0.25, 0.3) is 6.08 Å². The molecule has 4 aromatic rings. The summed E-state index contributed by atoms with van der Waals surface area (Å²) in [5.41, 5.74) is 2.86. The van der Waals surface area contributed by atoms with Crippen molar-refractivity contribution in [3.63, 3.8) is 0 Å². The maximum absolute atomic E-state index is 13.5. The summed E-state index contributed by atoms with van der Waals surface area (Å²) >= 11 is 4.46. The summed E-state index contributed by atoms with van der Waals surface area (Å²) in [7, 11) is 0. The summed E-state index contributed by atoms with van der Waals surface area (Å²) in [6.45, 7) is 3.99. The number of aryl methyl sites for hydroxylation is 1. The van der Waals surface area contributed by atoms with Gasteiger partial charge in [0, 0.05) is 9.75 Å². The zero-order valence-corrected chi connectivity index (χ0v) is 20.4. The number of aromatic nitrogens is 1. The minimum atomic E-state index is -0.559. The lowest BCUT2D eigenvalue weighted by molar-refractivity contribution is -0.140. The van der Waals surface area contributed by atoms with E-state index in [0.29, 0.717) is 20.6 Å². The van der Waals surface area contributed by atoms with E-state index in [-0.39, 0.29) is 12.2 Å². The molecule has 1 aliphatic heterocycles. The number of hydrogen-bond donors (Lipinski definition) is 0. The zero-order chi connectivity index (χ0) is 22.9. The van der Waals surface area contributed by atoms with Crippen molar-refractivity contribution in [3.05, 3.63) is 111 Å². The Morgan fingerprint density at radius 3 is 2.61 bits per heavy atom. The summed E-state index contributed by atoms with van der Waals surface area (Å²) in [5, 5.41) is 3.96. The molecule has 0 fully saturated rings. The van der Waals surface area contributed by atoms with Crippen LogP contribution in [-0.2, 0) is 16.1 Å². The number of hydrogen-bond acceptors (Lipinski definition) is 7. The van der Waals surface area contributed by atoms with Crippen molar-refractivity contribution in [3.8, 4) is 0 Å². The third-order valence-corrected chi connectivity index (χ3v) is 8.30. The molecule has 0 spiro atoms. The Kier molecular flexibility index (Phi) is 5.97. The monoisotopic (exact) mass is 492 g/mol. The predicted molar refractivity (Wildman–Crippen MR) is 133 cm³/mol. The average Bonchev–Trinajstić information content (AvgIpc) is 3.55. The van der Waals surface area contributed by atoms with Gasteiger partial charge in [0.25, 0.3) is 5.56 Å². The van der Waals surface area contributed by atoms with Gasteiger partial charge in [-0.2, -0.15) is 0 Å². The molecule has 0 amide bonds. The van der Waals surface area contributed by atoms with E-state index in [0.717, 1.165) is 20.9 Å². The number of fused-ring (bicyclic) bond motifs is 1. The number of thiazole rings is 1. The Morgan fingerprint density at radius 2 is 1.91 bits per heavy atom. The first-order valence-electron chi connectivity index (χ1n) is 10.3. The summed E-state index contributed by atoms with van der Waals surface area (Å²) in [4.78, 5) is 34.0. The zero-order valence-electron chi connectivity index (χ0n) is 18.0. The number of allylic oxidation sites excluding steroid dienone is 1. The molecule has 8 heteroatoms. The van der Waals surface area contributed by atoms with Crippen LogP contribution in [0.3, 0.4) is 0 Å². The quantitative estimate of drug-likeness (QED) is 0.388. The highest BCUT2D eigenvalue weighted by Gasteiger charge is 2.34. The lowest BCUT2D eigenvalue weighted by atomic mass is 10.0. The predicted octanol–water partition coefficient (Wildman–Crippen LogP) is 4.41. The summed E-state index contributed by atoms with van der Waals surface area (Å²) in [5.74, 6) is -0.457. The molecule has 1 atom stereocenters. The van der Waals surface area contributed by atoms with Gasteiger partial charge in [0.15, 0.2) is 4.80 Å². The second-order valence-electron chi connectivity index (χ2n) is 7.63. The highest BCUT2D eigenvalue weighted by atomic mass is 32.1. The molecule has 1 unspecified atom stereocenters. The summed E-state index contributed by atoms with van der Waals surface area (Å²) in [6, 6.07) is 14.9. The first-order chi connectivity index (χ1) is 16.0. The number of carbonyl (C=O) groups excluding carboxylic acids is 1. The fourth-order valence-corrected chi connectivity index (χ4v) is 6.54. The average molecular weight is 493 g/mol. The van der Waals surface area contributed by atoms with Crippen LogP contribution in [0.5, 0.6) is 0 Å². The third kappa shape index (κ3) is 4.17. The van der Waals surface area contributed by atoms with Gasteiger partial charge in [-0.05, 0) is 53.9 Å². The van der Waals surface area contributed by atoms with E-state index < -0.39 is 12.0 Å². The second-order valence-corrected chi connectivity index (χ2v) is 10.6. The van der Waals surface area contributed by atoms with Gasteiger partial charge >= 0.3 is 5.97 Å². The molecule has 0 bridgehead atoms. The molecule has 33 heavy (non-hydrogen) atoms. The largest absolute Gasteiger partial charge is 0.457 e. The van der Waals surface area contributed by atoms with Gasteiger partial charge in [0.05, 0.1) is 15.8 Å². The van der Waals surface area contributed by atoms with E-state index in [4.69, 9.17) is 4.74 Å². The van der Waals surface area contributed by atoms with Crippen molar-refractivity contribution in [1.29, 1.82) is 0 Å². The molecule has 0 aliphatic carbocycles. The number of esters is 1. The summed E-state index contributed by atoms with van der Waals surface area (Å²) in [6.07, 6.45) is 1.92. The highest BCUT2D eigenvalue weighted by molar-refractivity contribution is 7.11. The number of benzene rings is 1. The molecule has 0 saturated carbocycles. The molecule has 0 saturated heterocycles. The van der Waals surface area contributed by atoms with E-state index >= 15 is 0 Å². The first-order valence-corrected chi connectivity index (χ1v) is 12.9. The van der Waals surface area contributed by atoms with Crippen LogP contribution in [0.2, 0.25) is 0 Å². The van der Waals surface area contributed by atoms with Crippen LogP contribution in [0.4, 0.5) is 0 Å². The van der Waals surface area contributed by atoms with Gasteiger partial charge in [-0.15, -0.1) is 22.7 Å². The third-order valence-electron chi connectivity index (χ3n) is 5.43. The van der Waals surface area contributed by atoms with Gasteiger partial charge in [0.2, 0.25) is 0 Å². The standard InChI is InChI=1S/C25H20N2O3S3/c1-15-10-12-32-19(15)13-20-23(28)27-22(18-9-6-11-31-18)21(16(2)26-25(27)33-20)24(29)30-14-17-7-4-3-5-8-17/h3-13,22H,14H2,1-2H3. The molecule has 0 N–H and O–H groups in total. The summed E-state index contributed by atoms with van der Waals surface area (Å²) < 4.78 is 7.90. The molecule has 1 aliphatic rings. The number of nitrogens with zero attached hydrogens (tertiary/aromatic N) is 2. The van der Waals surface area contributed by atoms with Crippen molar-refractivity contribution >= 4 is 46.1 Å². The number of rotatable bonds is 5. The number of ether oxygens (including phenoxy) is 1. The van der Waals surface area contributed by atoms with Crippen molar-refractivity contribution in [1.82, 2.24) is 4.57 Å². The fourth-order valence-electron chi connectivity index (χ4n) is 3.75. The van der Waals surface area contributed by atoms with Crippen molar-refractivity contribution in [2.45, 2.75) is 26.5 Å². The molecule has 5 rings (SSSR count). The Bertz CT molecular complexity index is 1520. The van der Waals surface area contributed by atoms with Gasteiger partial charge in [-0.25, -0.2) is 9.79 Å². The van der Waals surface area contributed by atoms with Crippen molar-refractivity contribution in [2.75, 3.05) is 0 Å². The lowest BCUT2D eigenvalue weighted by Gasteiger charge is -2.23. The van der Waals surface area contributed by atoms with E-state index in [1.807, 2.05) is 72.3 Å². The van der Waals surface area contributed by atoms with Gasteiger partial charge in [-0.3, -0.25) is 9.36 Å². The molecule has 166 valence electrons. The van der Waals surface area contributed by atoms with Crippen LogP contribution in [-0.4, -0.2) is 10.5 Å². The van der Waals surface area contributed by atoms with E-state index in [1.165, 1.54) is 22.7 Å². The van der Waals surface area contributed by atoms with Gasteiger partial charge < -0.3 is 4.74 Å². The van der Waals surface area contributed by atoms with Crippen molar-refractivity contribution < 1.29 is 9.53 Å². The lowest BCUT2D eigenvalue weighted by Crippen LogP contribution is -2.39. The Labute approximate surface area is 202 Å². The fraction of sp³-hybridized carbons (Fsp3) is 0.160. The van der Waals surface area contributed by atoms with Crippen LogP contribution < -0.4 is 14.9 Å².